The van der Waals surface area contributed by atoms with Crippen molar-refractivity contribution in [3.63, 3.8) is 0 Å². The third-order valence-electron chi connectivity index (χ3n) is 6.64. The van der Waals surface area contributed by atoms with Gasteiger partial charge in [0.2, 0.25) is 0 Å². The topological polar surface area (TPSA) is 116 Å². The third-order valence-corrected chi connectivity index (χ3v) is 8.83. The highest BCUT2D eigenvalue weighted by Crippen LogP contribution is 2.52. The molecule has 0 aliphatic heterocycles. The van der Waals surface area contributed by atoms with Gasteiger partial charge in [0.1, 0.15) is 23.0 Å². The average Bonchev–Trinajstić information content (AvgIpc) is 3.31. The Morgan fingerprint density at radius 1 is 0.947 bits per heavy atom. The molecule has 0 bridgehead atoms. The number of aryl methyl sites for hydroxylation is 1. The van der Waals surface area contributed by atoms with Gasteiger partial charge < -0.3 is 28.0 Å². The van der Waals surface area contributed by atoms with E-state index in [9.17, 15) is 14.5 Å². The lowest BCUT2D eigenvalue weighted by Crippen LogP contribution is -2.45. The Morgan fingerprint density at radius 2 is 1.68 bits per heavy atom. The molecular formula is C28H32NO8P. The first-order valence-corrected chi connectivity index (χ1v) is 13.7. The molecule has 38 heavy (non-hydrogen) atoms. The van der Waals surface area contributed by atoms with Crippen LogP contribution in [0.1, 0.15) is 17.5 Å². The Morgan fingerprint density at radius 3 is 2.37 bits per heavy atom. The SMILES string of the molecule is COc1cccc(CC[C@H](N[C@@H](Cc2ccc3c(c2)oc2ccccc23)C(=O)O)P(=O)(OC)OC)c1OC. The summed E-state index contributed by atoms with van der Waals surface area (Å²) in [6, 6.07) is 17.8. The number of carbonyl (C=O) groups is 1. The van der Waals surface area contributed by atoms with Crippen LogP contribution in [0.4, 0.5) is 0 Å². The smallest absolute Gasteiger partial charge is 0.346 e. The summed E-state index contributed by atoms with van der Waals surface area (Å²) in [7, 11) is 1.98. The first-order valence-electron chi connectivity index (χ1n) is 12.1. The number of carboxylic acid groups (broad SMARTS) is 1. The Balaban J connectivity index is 1.59. The fourth-order valence-corrected chi connectivity index (χ4v) is 6.15. The molecule has 3 aromatic carbocycles. The largest absolute Gasteiger partial charge is 0.493 e. The van der Waals surface area contributed by atoms with Crippen molar-refractivity contribution in [2.24, 2.45) is 0 Å². The van der Waals surface area contributed by atoms with Crippen molar-refractivity contribution in [3.8, 4) is 11.5 Å². The standard InChI is InChI=1S/C28H32NO8P/c1-33-24-11-7-8-19(27(24)34-2)13-15-26(38(32,35-3)36-4)29-22(28(30)31)16-18-12-14-21-20-9-5-6-10-23(20)37-25(21)17-18/h5-12,14,17,22,26,29H,13,15-16H2,1-4H3,(H,30,31)/t22-,26+/m0/s1. The summed E-state index contributed by atoms with van der Waals surface area (Å²) in [5.41, 5.74) is 3.02. The maximum atomic E-state index is 13.5. The molecule has 1 aromatic heterocycles. The second-order valence-electron chi connectivity index (χ2n) is 8.80. The molecule has 0 radical (unpaired) electrons. The van der Waals surface area contributed by atoms with E-state index in [1.807, 2.05) is 54.6 Å². The molecule has 0 amide bonds. The predicted octanol–water partition coefficient (Wildman–Crippen LogP) is 5.63. The van der Waals surface area contributed by atoms with Crippen LogP contribution in [-0.4, -0.2) is 51.3 Å². The number of ether oxygens (including phenoxy) is 2. The molecule has 0 unspecified atom stereocenters. The number of hydrogen-bond acceptors (Lipinski definition) is 8. The van der Waals surface area contributed by atoms with Gasteiger partial charge in [-0.3, -0.25) is 14.7 Å². The van der Waals surface area contributed by atoms with Crippen molar-refractivity contribution in [2.45, 2.75) is 31.1 Å². The van der Waals surface area contributed by atoms with Crippen molar-refractivity contribution in [1.29, 1.82) is 0 Å². The van der Waals surface area contributed by atoms with Crippen molar-refractivity contribution < 1.29 is 37.4 Å². The number of methoxy groups -OCH3 is 2. The molecule has 0 saturated carbocycles. The molecular weight excluding hydrogens is 509 g/mol. The van der Waals surface area contributed by atoms with Crippen LogP contribution < -0.4 is 14.8 Å². The lowest BCUT2D eigenvalue weighted by Gasteiger charge is -2.28. The van der Waals surface area contributed by atoms with Crippen molar-refractivity contribution >= 4 is 35.5 Å². The highest BCUT2D eigenvalue weighted by Gasteiger charge is 2.37. The molecule has 0 aliphatic rings. The highest BCUT2D eigenvalue weighted by atomic mass is 31.2. The second kappa shape index (κ2) is 12.0. The van der Waals surface area contributed by atoms with Crippen LogP contribution in [0.5, 0.6) is 11.5 Å². The van der Waals surface area contributed by atoms with Gasteiger partial charge in [-0.05, 0) is 48.6 Å². The minimum atomic E-state index is -3.69. The maximum absolute atomic E-state index is 13.5. The van der Waals surface area contributed by atoms with Crippen molar-refractivity contribution in [1.82, 2.24) is 5.32 Å². The van der Waals surface area contributed by atoms with Gasteiger partial charge in [0.25, 0.3) is 0 Å². The van der Waals surface area contributed by atoms with Crippen LogP contribution in [0.25, 0.3) is 21.9 Å². The molecule has 2 atom stereocenters. The van der Waals surface area contributed by atoms with Gasteiger partial charge in [-0.2, -0.15) is 0 Å². The number of benzene rings is 3. The molecule has 9 nitrogen and oxygen atoms in total. The van der Waals surface area contributed by atoms with Crippen molar-refractivity contribution in [3.05, 3.63) is 71.8 Å². The molecule has 2 N–H and O–H groups in total. The van der Waals surface area contributed by atoms with E-state index in [0.717, 1.165) is 27.5 Å². The zero-order chi connectivity index (χ0) is 27.3. The molecule has 202 valence electrons. The van der Waals surface area contributed by atoms with Crippen molar-refractivity contribution in [2.75, 3.05) is 28.4 Å². The molecule has 4 aromatic rings. The van der Waals surface area contributed by atoms with E-state index in [1.165, 1.54) is 14.2 Å². The van der Waals surface area contributed by atoms with E-state index < -0.39 is 25.4 Å². The maximum Gasteiger partial charge on any atom is 0.346 e. The predicted molar refractivity (Wildman–Crippen MR) is 145 cm³/mol. The van der Waals surface area contributed by atoms with E-state index in [4.69, 9.17) is 22.9 Å². The number of para-hydroxylation sites is 2. The number of fused-ring (bicyclic) bond motifs is 3. The third kappa shape index (κ3) is 5.71. The molecule has 10 heteroatoms. The Hall–Kier alpha value is -3.36. The summed E-state index contributed by atoms with van der Waals surface area (Å²) in [6.07, 6.45) is 0.801. The Bertz CT molecular complexity index is 1460. The van der Waals surface area contributed by atoms with E-state index in [-0.39, 0.29) is 12.8 Å². The quantitative estimate of drug-likeness (QED) is 0.208. The van der Waals surface area contributed by atoms with Crippen LogP contribution >= 0.6 is 7.60 Å². The molecule has 0 spiro atoms. The van der Waals surface area contributed by atoms with Gasteiger partial charge in [-0.25, -0.2) is 0 Å². The first-order chi connectivity index (χ1) is 18.3. The normalized spacial score (nSPS) is 13.5. The first kappa shape index (κ1) is 27.7. The summed E-state index contributed by atoms with van der Waals surface area (Å²) in [5.74, 6) is -0.852. The summed E-state index contributed by atoms with van der Waals surface area (Å²) in [5, 5.41) is 15.1. The number of nitrogens with one attached hydrogen (secondary N) is 1. The zero-order valence-corrected chi connectivity index (χ0v) is 22.7. The summed E-state index contributed by atoms with van der Waals surface area (Å²) in [6.45, 7) is 0. The van der Waals surface area contributed by atoms with E-state index >= 15 is 0 Å². The number of rotatable bonds is 13. The van der Waals surface area contributed by atoms with Gasteiger partial charge in [0.15, 0.2) is 11.5 Å². The monoisotopic (exact) mass is 541 g/mol. The average molecular weight is 542 g/mol. The van der Waals surface area contributed by atoms with Crippen LogP contribution in [0, 0.1) is 0 Å². The Kier molecular flexibility index (Phi) is 8.74. The van der Waals surface area contributed by atoms with Gasteiger partial charge in [-0.1, -0.05) is 42.5 Å². The van der Waals surface area contributed by atoms with Crippen LogP contribution in [-0.2, 0) is 31.2 Å². The van der Waals surface area contributed by atoms with Crippen LogP contribution in [0.15, 0.2) is 65.1 Å². The Labute approximate surface area is 221 Å². The lowest BCUT2D eigenvalue weighted by atomic mass is 10.0. The van der Waals surface area contributed by atoms with Gasteiger partial charge in [0, 0.05) is 25.0 Å². The summed E-state index contributed by atoms with van der Waals surface area (Å²) in [4.78, 5) is 12.3. The molecule has 4 rings (SSSR count). The van der Waals surface area contributed by atoms with Gasteiger partial charge in [-0.15, -0.1) is 0 Å². The lowest BCUT2D eigenvalue weighted by molar-refractivity contribution is -0.139. The molecule has 0 fully saturated rings. The van der Waals surface area contributed by atoms with Gasteiger partial charge >= 0.3 is 13.6 Å². The van der Waals surface area contributed by atoms with Crippen LogP contribution in [0.3, 0.4) is 0 Å². The molecule has 1 heterocycles. The number of carboxylic acids is 1. The minimum absolute atomic E-state index is 0.134. The fraction of sp³-hybridized carbons (Fsp3) is 0.321. The van der Waals surface area contributed by atoms with E-state index in [2.05, 4.69) is 5.32 Å². The van der Waals surface area contributed by atoms with E-state index in [1.54, 1.807) is 20.3 Å². The minimum Gasteiger partial charge on any atom is -0.493 e. The number of aliphatic carboxylic acids is 1. The summed E-state index contributed by atoms with van der Waals surface area (Å²) >= 11 is 0. The summed E-state index contributed by atoms with van der Waals surface area (Å²) < 4.78 is 40.8. The van der Waals surface area contributed by atoms with E-state index in [0.29, 0.717) is 23.5 Å². The zero-order valence-electron chi connectivity index (χ0n) is 21.8. The fourth-order valence-electron chi connectivity index (χ4n) is 4.69. The number of furan rings is 1. The highest BCUT2D eigenvalue weighted by molar-refractivity contribution is 7.54. The van der Waals surface area contributed by atoms with Crippen LogP contribution in [0.2, 0.25) is 0 Å². The molecule has 0 saturated heterocycles. The number of hydrogen-bond donors (Lipinski definition) is 2. The molecule has 0 aliphatic carbocycles. The van der Waals surface area contributed by atoms with Gasteiger partial charge in [0.05, 0.1) is 14.2 Å². The second-order valence-corrected chi connectivity index (χ2v) is 11.2.